The van der Waals surface area contributed by atoms with E-state index in [2.05, 4.69) is 4.40 Å². The van der Waals surface area contributed by atoms with E-state index in [0.717, 1.165) is 0 Å². The standard InChI is InChI=1S/C13H18N2O3S/c1-9-11(7-6-8-12(9)15(16)17)10(2)14-19(18)13(3,4)5/h6-8H,1-5H3/t19-/m1/s1. The highest BCUT2D eigenvalue weighted by molar-refractivity contribution is 7.91. The van der Waals surface area contributed by atoms with Crippen LogP contribution in [0.5, 0.6) is 0 Å². The summed E-state index contributed by atoms with van der Waals surface area (Å²) in [7, 11) is 0. The van der Waals surface area contributed by atoms with Crippen molar-refractivity contribution in [2.75, 3.05) is 0 Å². The van der Waals surface area contributed by atoms with E-state index in [4.69, 9.17) is 0 Å². The molecule has 0 saturated heterocycles. The molecular weight excluding hydrogens is 264 g/mol. The fourth-order valence-electron chi connectivity index (χ4n) is 1.52. The van der Waals surface area contributed by atoms with Crippen molar-refractivity contribution >= 4 is 22.8 Å². The lowest BCUT2D eigenvalue weighted by Crippen LogP contribution is -2.26. The van der Waals surface area contributed by atoms with Crippen LogP contribution in [0.25, 0.3) is 0 Å². The minimum absolute atomic E-state index is 0.0496. The van der Waals surface area contributed by atoms with Crippen molar-refractivity contribution < 1.29 is 9.48 Å². The summed E-state index contributed by atoms with van der Waals surface area (Å²) in [6, 6.07) is 4.81. The van der Waals surface area contributed by atoms with E-state index < -0.39 is 21.0 Å². The second-order valence-electron chi connectivity index (χ2n) is 5.25. The smallest absolute Gasteiger partial charge is 0.272 e. The van der Waals surface area contributed by atoms with Crippen LogP contribution in [0.15, 0.2) is 22.6 Å². The maximum atomic E-state index is 12.0. The van der Waals surface area contributed by atoms with E-state index in [1.807, 2.05) is 20.8 Å². The van der Waals surface area contributed by atoms with Gasteiger partial charge in [0.25, 0.3) is 5.69 Å². The van der Waals surface area contributed by atoms with Gasteiger partial charge in [0.1, 0.15) is 16.1 Å². The fourth-order valence-corrected chi connectivity index (χ4v) is 2.14. The fraction of sp³-hybridized carbons (Fsp3) is 0.462. The lowest BCUT2D eigenvalue weighted by molar-refractivity contribution is -0.385. The van der Waals surface area contributed by atoms with Crippen LogP contribution in [0.1, 0.15) is 38.8 Å². The Hall–Kier alpha value is -1.40. The van der Waals surface area contributed by atoms with Gasteiger partial charge in [-0.2, -0.15) is 0 Å². The van der Waals surface area contributed by atoms with Crippen molar-refractivity contribution in [2.24, 2.45) is 4.40 Å². The molecule has 1 aromatic rings. The van der Waals surface area contributed by atoms with E-state index >= 15 is 0 Å². The Balaban J connectivity index is 3.21. The molecule has 0 fully saturated rings. The van der Waals surface area contributed by atoms with Gasteiger partial charge in [-0.1, -0.05) is 16.5 Å². The van der Waals surface area contributed by atoms with Gasteiger partial charge in [0.2, 0.25) is 0 Å². The molecule has 0 aromatic heterocycles. The summed E-state index contributed by atoms with van der Waals surface area (Å²) in [5, 5.41) is 10.9. The first-order valence-corrected chi connectivity index (χ1v) is 6.97. The Bertz CT molecular complexity index is 521. The van der Waals surface area contributed by atoms with Crippen molar-refractivity contribution in [1.82, 2.24) is 0 Å². The molecule has 0 unspecified atom stereocenters. The Morgan fingerprint density at radius 2 is 1.95 bits per heavy atom. The number of hydrogen-bond donors (Lipinski definition) is 0. The Kier molecular flexibility index (Phi) is 4.70. The molecule has 1 atom stereocenters. The summed E-state index contributed by atoms with van der Waals surface area (Å²) in [5.74, 6) is 0. The molecule has 104 valence electrons. The van der Waals surface area contributed by atoms with E-state index in [0.29, 0.717) is 16.8 Å². The lowest BCUT2D eigenvalue weighted by Gasteiger charge is -2.19. The average Bonchev–Trinajstić information content (AvgIpc) is 2.27. The van der Waals surface area contributed by atoms with Crippen LogP contribution in [-0.4, -0.2) is 19.9 Å². The predicted octanol–water partition coefficient (Wildman–Crippen LogP) is 3.17. The van der Waals surface area contributed by atoms with Crippen LogP contribution in [0.3, 0.4) is 0 Å². The van der Waals surface area contributed by atoms with Gasteiger partial charge in [0.15, 0.2) is 0 Å². The minimum atomic E-state index is -1.38. The molecule has 1 aromatic carbocycles. The molecular formula is C13H18N2O3S. The molecule has 0 aliphatic carbocycles. The van der Waals surface area contributed by atoms with E-state index in [-0.39, 0.29) is 5.69 Å². The molecule has 0 spiro atoms. The van der Waals surface area contributed by atoms with Gasteiger partial charge in [-0.3, -0.25) is 10.1 Å². The second-order valence-corrected chi connectivity index (χ2v) is 7.15. The van der Waals surface area contributed by atoms with Crippen LogP contribution in [0.4, 0.5) is 5.69 Å². The van der Waals surface area contributed by atoms with Crippen molar-refractivity contribution in [2.45, 2.75) is 39.4 Å². The van der Waals surface area contributed by atoms with Crippen molar-refractivity contribution in [3.8, 4) is 0 Å². The van der Waals surface area contributed by atoms with Gasteiger partial charge in [-0.05, 0) is 34.6 Å². The van der Waals surface area contributed by atoms with Crippen LogP contribution in [-0.2, 0) is 11.4 Å². The zero-order valence-corrected chi connectivity index (χ0v) is 12.6. The van der Waals surface area contributed by atoms with Crippen LogP contribution in [0, 0.1) is 17.0 Å². The van der Waals surface area contributed by atoms with E-state index in [9.17, 15) is 14.7 Å². The summed E-state index contributed by atoms with van der Waals surface area (Å²) >= 11 is -1.38. The van der Waals surface area contributed by atoms with Crippen LogP contribution < -0.4 is 0 Å². The molecule has 19 heavy (non-hydrogen) atoms. The summed E-state index contributed by atoms with van der Waals surface area (Å²) in [5.41, 5.74) is 1.80. The van der Waals surface area contributed by atoms with Crippen LogP contribution >= 0.6 is 0 Å². The molecule has 6 heteroatoms. The third-order valence-corrected chi connectivity index (χ3v) is 4.12. The van der Waals surface area contributed by atoms with Crippen LogP contribution in [0.2, 0.25) is 0 Å². The third kappa shape index (κ3) is 3.78. The summed E-state index contributed by atoms with van der Waals surface area (Å²) in [4.78, 5) is 10.5. The highest BCUT2D eigenvalue weighted by atomic mass is 32.2. The molecule has 0 aliphatic heterocycles. The monoisotopic (exact) mass is 282 g/mol. The summed E-state index contributed by atoms with van der Waals surface area (Å²) in [6.45, 7) is 8.89. The molecule has 0 heterocycles. The average molecular weight is 282 g/mol. The van der Waals surface area contributed by atoms with Crippen molar-refractivity contribution in [1.29, 1.82) is 0 Å². The summed E-state index contributed by atoms with van der Waals surface area (Å²) in [6.07, 6.45) is 0. The SMILES string of the molecule is CC(=N[S@+]([O-])C(C)(C)C)c1cccc([N+](=O)[O-])c1C. The maximum Gasteiger partial charge on any atom is 0.272 e. The zero-order valence-electron chi connectivity index (χ0n) is 11.8. The second kappa shape index (κ2) is 5.71. The number of hydrogen-bond acceptors (Lipinski definition) is 4. The van der Waals surface area contributed by atoms with Gasteiger partial charge in [0.05, 0.1) is 10.6 Å². The molecule has 0 saturated carbocycles. The number of rotatable bonds is 3. The molecule has 0 radical (unpaired) electrons. The maximum absolute atomic E-state index is 12.0. The highest BCUT2D eigenvalue weighted by Crippen LogP contribution is 2.23. The Labute approximate surface area is 116 Å². The van der Waals surface area contributed by atoms with Crippen molar-refractivity contribution in [3.63, 3.8) is 0 Å². The van der Waals surface area contributed by atoms with Crippen molar-refractivity contribution in [3.05, 3.63) is 39.4 Å². The first kappa shape index (κ1) is 15.7. The molecule has 1 rings (SSSR count). The van der Waals surface area contributed by atoms with E-state index in [1.165, 1.54) is 6.07 Å². The molecule has 0 amide bonds. The van der Waals surface area contributed by atoms with Gasteiger partial charge in [-0.25, -0.2) is 0 Å². The molecule has 0 bridgehead atoms. The first-order valence-electron chi connectivity index (χ1n) is 5.86. The molecule has 0 N–H and O–H groups in total. The number of nitrogens with zero attached hydrogens (tertiary/aromatic N) is 2. The van der Waals surface area contributed by atoms with Gasteiger partial charge < -0.3 is 4.55 Å². The lowest BCUT2D eigenvalue weighted by atomic mass is 10.0. The number of nitro groups is 1. The predicted molar refractivity (Wildman–Crippen MR) is 77.9 cm³/mol. The Morgan fingerprint density at radius 1 is 1.37 bits per heavy atom. The highest BCUT2D eigenvalue weighted by Gasteiger charge is 2.27. The summed E-state index contributed by atoms with van der Waals surface area (Å²) < 4.78 is 15.7. The first-order chi connectivity index (χ1) is 8.64. The zero-order chi connectivity index (χ0) is 14.8. The van der Waals surface area contributed by atoms with E-state index in [1.54, 1.807) is 26.0 Å². The molecule has 5 nitrogen and oxygen atoms in total. The minimum Gasteiger partial charge on any atom is -0.591 e. The van der Waals surface area contributed by atoms with Gasteiger partial charge >= 0.3 is 0 Å². The van der Waals surface area contributed by atoms with Gasteiger partial charge in [-0.15, -0.1) is 0 Å². The Morgan fingerprint density at radius 3 is 2.42 bits per heavy atom. The third-order valence-electron chi connectivity index (χ3n) is 2.64. The normalized spacial score (nSPS) is 14.3. The molecule has 0 aliphatic rings. The van der Waals surface area contributed by atoms with Gasteiger partial charge in [0, 0.05) is 17.2 Å². The quantitative estimate of drug-likeness (QED) is 0.369. The number of benzene rings is 1. The largest absolute Gasteiger partial charge is 0.591 e. The topological polar surface area (TPSA) is 78.6 Å². The number of nitro benzene ring substituents is 1.